The number of nitrogens with one attached hydrogen (secondary N) is 1. The van der Waals surface area contributed by atoms with Crippen LogP contribution in [-0.2, 0) is 6.54 Å². The largest absolute Gasteiger partial charge is 0.478 e. The Morgan fingerprint density at radius 3 is 2.87 bits per heavy atom. The van der Waals surface area contributed by atoms with E-state index in [0.717, 1.165) is 37.3 Å². The predicted molar refractivity (Wildman–Crippen MR) is 86.3 cm³/mol. The highest BCUT2D eigenvalue weighted by Crippen LogP contribution is 2.38. The van der Waals surface area contributed by atoms with Gasteiger partial charge < -0.3 is 10.1 Å². The number of hydrogen-bond acceptors (Lipinski definition) is 4. The second-order valence-electron chi connectivity index (χ2n) is 6.60. The fourth-order valence-corrected chi connectivity index (χ4v) is 2.99. The number of rotatable bonds is 4. The molecule has 1 aliphatic carbocycles. The van der Waals surface area contributed by atoms with Crippen LogP contribution in [0.4, 0.5) is 10.2 Å². The van der Waals surface area contributed by atoms with Crippen molar-refractivity contribution in [1.82, 2.24) is 14.8 Å². The van der Waals surface area contributed by atoms with Gasteiger partial charge in [-0.05, 0) is 30.9 Å². The number of hydrogen-bond donors (Lipinski definition) is 1. The first-order valence-corrected chi connectivity index (χ1v) is 8.30. The molecule has 4 rings (SSSR count). The van der Waals surface area contributed by atoms with Crippen LogP contribution in [0.5, 0.6) is 5.88 Å². The average Bonchev–Trinajstić information content (AvgIpc) is 3.24. The van der Waals surface area contributed by atoms with E-state index in [2.05, 4.69) is 29.2 Å². The van der Waals surface area contributed by atoms with Gasteiger partial charge >= 0.3 is 0 Å². The molecule has 1 N–H and O–H groups in total. The van der Waals surface area contributed by atoms with Gasteiger partial charge in [-0.3, -0.25) is 0 Å². The lowest BCUT2D eigenvalue weighted by molar-refractivity contribution is 0.227. The molecule has 0 aromatic carbocycles. The Labute approximate surface area is 134 Å². The first kappa shape index (κ1) is 14.5. The minimum absolute atomic E-state index is 0.204. The quantitative estimate of drug-likeness (QED) is 0.876. The molecule has 2 aromatic heterocycles. The van der Waals surface area contributed by atoms with Crippen molar-refractivity contribution in [3.63, 3.8) is 0 Å². The zero-order valence-electron chi connectivity index (χ0n) is 13.5. The number of pyridine rings is 1. The molecule has 1 saturated carbocycles. The monoisotopic (exact) mass is 316 g/mol. The van der Waals surface area contributed by atoms with Gasteiger partial charge in [0.2, 0.25) is 11.8 Å². The van der Waals surface area contributed by atoms with Crippen LogP contribution >= 0.6 is 0 Å². The van der Waals surface area contributed by atoms with E-state index in [1.54, 1.807) is 6.07 Å². The van der Waals surface area contributed by atoms with E-state index in [9.17, 15) is 4.39 Å². The van der Waals surface area contributed by atoms with E-state index >= 15 is 0 Å². The second kappa shape index (κ2) is 5.51. The van der Waals surface area contributed by atoms with Gasteiger partial charge in [0.1, 0.15) is 11.5 Å². The van der Waals surface area contributed by atoms with Crippen LogP contribution in [0.1, 0.15) is 44.6 Å². The lowest BCUT2D eigenvalue weighted by atomic mass is 9.99. The van der Waals surface area contributed by atoms with Crippen LogP contribution in [0.3, 0.4) is 0 Å². The number of aryl methyl sites for hydroxylation is 1. The number of ether oxygens (including phenoxy) is 1. The summed E-state index contributed by atoms with van der Waals surface area (Å²) < 4.78 is 22.2. The highest BCUT2D eigenvalue weighted by atomic mass is 19.1. The van der Waals surface area contributed by atoms with E-state index in [-0.39, 0.29) is 5.92 Å². The van der Waals surface area contributed by atoms with Gasteiger partial charge in [-0.2, -0.15) is 9.49 Å². The summed E-state index contributed by atoms with van der Waals surface area (Å²) in [5, 5.41) is 7.82. The molecule has 122 valence electrons. The Morgan fingerprint density at radius 1 is 1.35 bits per heavy atom. The van der Waals surface area contributed by atoms with Gasteiger partial charge in [-0.15, -0.1) is 0 Å². The maximum absolute atomic E-state index is 14.6. The summed E-state index contributed by atoms with van der Waals surface area (Å²) in [4.78, 5) is 4.07. The molecule has 0 unspecified atom stereocenters. The van der Waals surface area contributed by atoms with Crippen molar-refractivity contribution in [1.29, 1.82) is 0 Å². The van der Waals surface area contributed by atoms with Crippen molar-refractivity contribution in [3.05, 3.63) is 23.6 Å². The highest BCUT2D eigenvalue weighted by molar-refractivity contribution is 5.67. The molecular weight excluding hydrogens is 295 g/mol. The molecule has 1 fully saturated rings. The molecule has 1 aliphatic heterocycles. The van der Waals surface area contributed by atoms with Crippen LogP contribution in [0.25, 0.3) is 11.3 Å². The number of nitrogens with zero attached hydrogens (tertiary/aromatic N) is 3. The number of halogens is 1. The highest BCUT2D eigenvalue weighted by Gasteiger charge is 2.27. The lowest BCUT2D eigenvalue weighted by Crippen LogP contribution is -2.15. The molecule has 0 radical (unpaired) electrons. The summed E-state index contributed by atoms with van der Waals surface area (Å²) in [6, 6.07) is 4.06. The minimum atomic E-state index is -0.479. The molecule has 0 spiro atoms. The van der Waals surface area contributed by atoms with Crippen molar-refractivity contribution in [3.8, 4) is 17.1 Å². The number of anilines is 1. The van der Waals surface area contributed by atoms with Gasteiger partial charge in [0, 0.05) is 24.6 Å². The van der Waals surface area contributed by atoms with E-state index in [1.807, 2.05) is 10.7 Å². The maximum Gasteiger partial charge on any atom is 0.224 e. The number of fused-ring (bicyclic) bond motifs is 1. The minimum Gasteiger partial charge on any atom is -0.478 e. The predicted octanol–water partition coefficient (Wildman–Crippen LogP) is 3.56. The summed E-state index contributed by atoms with van der Waals surface area (Å²) in [6.07, 6.45) is 3.19. The molecule has 0 atom stereocenters. The molecule has 5 nitrogen and oxygen atoms in total. The summed E-state index contributed by atoms with van der Waals surface area (Å²) in [7, 11) is 0. The molecule has 0 bridgehead atoms. The third kappa shape index (κ3) is 2.66. The fraction of sp³-hybridized carbons (Fsp3) is 0.529. The summed E-state index contributed by atoms with van der Waals surface area (Å²) in [6.45, 7) is 5.66. The zero-order valence-corrected chi connectivity index (χ0v) is 13.5. The summed E-state index contributed by atoms with van der Waals surface area (Å²) >= 11 is 0. The first-order chi connectivity index (χ1) is 11.1. The Morgan fingerprint density at radius 2 is 2.17 bits per heavy atom. The van der Waals surface area contributed by atoms with E-state index < -0.39 is 5.95 Å². The van der Waals surface area contributed by atoms with Crippen molar-refractivity contribution in [2.45, 2.75) is 51.6 Å². The Hall–Kier alpha value is -2.11. The van der Waals surface area contributed by atoms with Gasteiger partial charge in [0.25, 0.3) is 0 Å². The number of aromatic nitrogens is 3. The van der Waals surface area contributed by atoms with Gasteiger partial charge in [0.15, 0.2) is 0 Å². The van der Waals surface area contributed by atoms with Gasteiger partial charge in [-0.25, -0.2) is 9.67 Å². The summed E-state index contributed by atoms with van der Waals surface area (Å²) in [5.41, 5.74) is 2.06. The van der Waals surface area contributed by atoms with Crippen LogP contribution in [0.2, 0.25) is 0 Å². The van der Waals surface area contributed by atoms with Crippen LogP contribution in [-0.4, -0.2) is 27.4 Å². The standard InChI is InChI=1S/C17H21FN4O/c1-10(2)14-15(21-22-8-3-9-23-17(14)22)12-6-7-13(20-16(12)18)19-11-4-5-11/h6-7,10-11H,3-5,8-9H2,1-2H3,(H,19,20). The zero-order chi connectivity index (χ0) is 16.0. The molecule has 3 heterocycles. The smallest absolute Gasteiger partial charge is 0.224 e. The van der Waals surface area contributed by atoms with Crippen molar-refractivity contribution < 1.29 is 9.13 Å². The Balaban J connectivity index is 1.76. The fourth-order valence-electron chi connectivity index (χ4n) is 2.99. The van der Waals surface area contributed by atoms with Gasteiger partial charge in [0.05, 0.1) is 12.2 Å². The topological polar surface area (TPSA) is 52.0 Å². The molecular formula is C17H21FN4O. The van der Waals surface area contributed by atoms with Crippen molar-refractivity contribution in [2.75, 3.05) is 11.9 Å². The van der Waals surface area contributed by atoms with Crippen LogP contribution in [0.15, 0.2) is 12.1 Å². The maximum atomic E-state index is 14.6. The lowest BCUT2D eigenvalue weighted by Gasteiger charge is -2.17. The van der Waals surface area contributed by atoms with Crippen LogP contribution in [0, 0.1) is 5.95 Å². The average molecular weight is 316 g/mol. The van der Waals surface area contributed by atoms with E-state index in [1.165, 1.54) is 0 Å². The SMILES string of the molecule is CC(C)c1c(-c2ccc(NC3CC3)nc2F)nn2c1OCCC2. The third-order valence-electron chi connectivity index (χ3n) is 4.30. The Bertz CT molecular complexity index is 736. The summed E-state index contributed by atoms with van der Waals surface area (Å²) in [5.74, 6) is 1.10. The van der Waals surface area contributed by atoms with Crippen molar-refractivity contribution >= 4 is 5.82 Å². The molecule has 0 amide bonds. The van der Waals surface area contributed by atoms with Crippen molar-refractivity contribution in [2.24, 2.45) is 0 Å². The molecule has 2 aromatic rings. The normalized spacial score (nSPS) is 17.0. The molecule has 6 heteroatoms. The molecule has 23 heavy (non-hydrogen) atoms. The third-order valence-corrected chi connectivity index (χ3v) is 4.30. The first-order valence-electron chi connectivity index (χ1n) is 8.30. The van der Waals surface area contributed by atoms with E-state index in [0.29, 0.717) is 29.7 Å². The second-order valence-corrected chi connectivity index (χ2v) is 6.60. The Kier molecular flexibility index (Phi) is 3.47. The molecule has 2 aliphatic rings. The molecule has 0 saturated heterocycles. The van der Waals surface area contributed by atoms with Crippen LogP contribution < -0.4 is 10.1 Å². The van der Waals surface area contributed by atoms with Gasteiger partial charge in [-0.1, -0.05) is 13.8 Å². The van der Waals surface area contributed by atoms with E-state index in [4.69, 9.17) is 4.74 Å².